The first-order valence-electron chi connectivity index (χ1n) is 9.38. The van der Waals surface area contributed by atoms with Crippen LogP contribution in [0.5, 0.6) is 0 Å². The van der Waals surface area contributed by atoms with Crippen LogP contribution in [0, 0.1) is 17.3 Å². The molecule has 0 spiro atoms. The highest BCUT2D eigenvalue weighted by atomic mass is 16.5. The number of aliphatic hydroxyl groups excluding tert-OH is 1. The average molecular weight is 312 g/mol. The van der Waals surface area contributed by atoms with Crippen LogP contribution < -0.4 is 0 Å². The van der Waals surface area contributed by atoms with E-state index in [-0.39, 0.29) is 17.4 Å². The van der Waals surface area contributed by atoms with Crippen LogP contribution in [0.4, 0.5) is 0 Å². The van der Waals surface area contributed by atoms with Crippen molar-refractivity contribution >= 4 is 0 Å². The monoisotopic (exact) mass is 312 g/mol. The maximum absolute atomic E-state index is 11.1. The maximum Gasteiger partial charge on any atom is 0.117 e. The Labute approximate surface area is 136 Å². The lowest BCUT2D eigenvalue weighted by atomic mass is 9.43. The van der Waals surface area contributed by atoms with Gasteiger partial charge in [-0.15, -0.1) is 0 Å². The van der Waals surface area contributed by atoms with E-state index in [9.17, 15) is 10.2 Å². The molecular weight excluding hydrogens is 276 g/mol. The number of aliphatic hydroxyl groups is 2. The molecule has 3 fully saturated rings. The number of fused-ring (bicyclic) bond motifs is 2. The van der Waals surface area contributed by atoms with Crippen LogP contribution in [-0.2, 0) is 4.74 Å². The van der Waals surface area contributed by atoms with Crippen molar-refractivity contribution in [3.05, 3.63) is 0 Å². The summed E-state index contributed by atoms with van der Waals surface area (Å²) in [5, 5.41) is 21.5. The van der Waals surface area contributed by atoms with Gasteiger partial charge < -0.3 is 14.9 Å². The normalized spacial score (nSPS) is 36.4. The van der Waals surface area contributed by atoms with Gasteiger partial charge in [-0.2, -0.15) is 0 Å². The Hall–Kier alpha value is -0.120. The smallest absolute Gasteiger partial charge is 0.117 e. The molecule has 2 N–H and O–H groups in total. The van der Waals surface area contributed by atoms with Crippen molar-refractivity contribution in [1.82, 2.24) is 0 Å². The molecule has 3 saturated carbocycles. The highest BCUT2D eigenvalue weighted by Gasteiger charge is 2.64. The van der Waals surface area contributed by atoms with Crippen molar-refractivity contribution < 1.29 is 14.9 Å². The fourth-order valence-corrected chi connectivity index (χ4v) is 4.59. The van der Waals surface area contributed by atoms with Gasteiger partial charge in [0.25, 0.3) is 0 Å². The van der Waals surface area contributed by atoms with Crippen LogP contribution in [0.25, 0.3) is 0 Å². The largest absolute Gasteiger partial charge is 0.390 e. The third-order valence-corrected chi connectivity index (χ3v) is 6.47. The molecule has 0 radical (unpaired) electrons. The molecule has 0 heterocycles. The first-order valence-corrected chi connectivity index (χ1v) is 9.38. The van der Waals surface area contributed by atoms with Gasteiger partial charge in [0.1, 0.15) is 5.60 Å². The van der Waals surface area contributed by atoms with Crippen LogP contribution in [0.1, 0.15) is 79.1 Å². The van der Waals surface area contributed by atoms with E-state index >= 15 is 0 Å². The van der Waals surface area contributed by atoms with Crippen molar-refractivity contribution in [3.63, 3.8) is 0 Å². The summed E-state index contributed by atoms with van der Waals surface area (Å²) in [6.45, 7) is 9.16. The minimum absolute atomic E-state index is 0.139. The Morgan fingerprint density at radius 1 is 1.09 bits per heavy atom. The van der Waals surface area contributed by atoms with Gasteiger partial charge in [-0.1, -0.05) is 53.4 Å². The summed E-state index contributed by atoms with van der Waals surface area (Å²) < 4.78 is 6.14. The zero-order chi connectivity index (χ0) is 16.4. The van der Waals surface area contributed by atoms with Crippen molar-refractivity contribution in [2.24, 2.45) is 17.3 Å². The second-order valence-corrected chi connectivity index (χ2v) is 8.27. The summed E-state index contributed by atoms with van der Waals surface area (Å²) in [5.41, 5.74) is -0.908. The zero-order valence-electron chi connectivity index (χ0n) is 15.0. The van der Waals surface area contributed by atoms with Gasteiger partial charge in [0.05, 0.1) is 18.8 Å². The molecule has 22 heavy (non-hydrogen) atoms. The van der Waals surface area contributed by atoms with Crippen LogP contribution in [0.15, 0.2) is 0 Å². The van der Waals surface area contributed by atoms with E-state index in [2.05, 4.69) is 27.7 Å². The maximum atomic E-state index is 11.1. The Kier molecular flexibility index (Phi) is 5.95. The standard InChI is InChI=1S/C19H36O3/c1-5-7-9-15(10-8-6-2)22-13-19(21)16-11-14(12-17(19)20)18(16,3)4/h14-17,20-21H,5-13H2,1-4H3/t14-,16-,17+,19-/m0/s1. The predicted octanol–water partition coefficient (Wildman–Crippen LogP) is 3.91. The summed E-state index contributed by atoms with van der Waals surface area (Å²) in [6.07, 6.45) is 8.21. The number of ether oxygens (including phenoxy) is 1. The molecule has 0 unspecified atom stereocenters. The molecule has 0 aliphatic heterocycles. The van der Waals surface area contributed by atoms with E-state index in [1.807, 2.05) is 0 Å². The number of hydrogen-bond acceptors (Lipinski definition) is 3. The molecular formula is C19H36O3. The second kappa shape index (κ2) is 7.19. The van der Waals surface area contributed by atoms with Gasteiger partial charge in [0, 0.05) is 0 Å². The quantitative estimate of drug-likeness (QED) is 0.678. The van der Waals surface area contributed by atoms with Crippen molar-refractivity contribution in [2.75, 3.05) is 6.61 Å². The first-order chi connectivity index (χ1) is 10.4. The summed E-state index contributed by atoms with van der Waals surface area (Å²) in [6, 6.07) is 0. The molecule has 0 amide bonds. The van der Waals surface area contributed by atoms with Gasteiger partial charge in [-0.05, 0) is 42.9 Å². The van der Waals surface area contributed by atoms with Gasteiger partial charge in [-0.25, -0.2) is 0 Å². The highest BCUT2D eigenvalue weighted by molar-refractivity contribution is 5.14. The average Bonchev–Trinajstić information content (AvgIpc) is 2.48. The number of hydrogen-bond donors (Lipinski definition) is 2. The van der Waals surface area contributed by atoms with E-state index in [1.54, 1.807) is 0 Å². The van der Waals surface area contributed by atoms with E-state index < -0.39 is 11.7 Å². The summed E-state index contributed by atoms with van der Waals surface area (Å²) in [4.78, 5) is 0. The Morgan fingerprint density at radius 2 is 1.68 bits per heavy atom. The lowest BCUT2D eigenvalue weighted by Crippen LogP contribution is -2.69. The van der Waals surface area contributed by atoms with Crippen molar-refractivity contribution in [3.8, 4) is 0 Å². The van der Waals surface area contributed by atoms with Crippen molar-refractivity contribution in [1.29, 1.82) is 0 Å². The summed E-state index contributed by atoms with van der Waals surface area (Å²) in [7, 11) is 0. The Morgan fingerprint density at radius 3 is 2.18 bits per heavy atom. The molecule has 0 aromatic heterocycles. The predicted molar refractivity (Wildman–Crippen MR) is 89.7 cm³/mol. The van der Waals surface area contributed by atoms with E-state index in [0.29, 0.717) is 12.5 Å². The van der Waals surface area contributed by atoms with E-state index in [0.717, 1.165) is 25.7 Å². The molecule has 0 aromatic carbocycles. The van der Waals surface area contributed by atoms with Crippen LogP contribution in [0.2, 0.25) is 0 Å². The van der Waals surface area contributed by atoms with E-state index in [1.165, 1.54) is 25.7 Å². The Bertz CT molecular complexity index is 347. The lowest BCUT2D eigenvalue weighted by Gasteiger charge is -2.64. The molecule has 4 atom stereocenters. The minimum atomic E-state index is -1.05. The SMILES string of the molecule is CCCCC(CCCC)OC[C@@]1(O)[C@H](O)C[C@@H]2C[C@H]1C2(C)C. The molecule has 3 nitrogen and oxygen atoms in total. The summed E-state index contributed by atoms with van der Waals surface area (Å²) >= 11 is 0. The van der Waals surface area contributed by atoms with Crippen LogP contribution >= 0.6 is 0 Å². The first kappa shape index (κ1) is 18.2. The van der Waals surface area contributed by atoms with E-state index in [4.69, 9.17) is 4.74 Å². The van der Waals surface area contributed by atoms with Gasteiger partial charge >= 0.3 is 0 Å². The Balaban J connectivity index is 1.94. The van der Waals surface area contributed by atoms with Gasteiger partial charge in [0.2, 0.25) is 0 Å². The number of rotatable bonds is 9. The van der Waals surface area contributed by atoms with Gasteiger partial charge in [0.15, 0.2) is 0 Å². The third-order valence-electron chi connectivity index (χ3n) is 6.47. The second-order valence-electron chi connectivity index (χ2n) is 8.27. The fourth-order valence-electron chi connectivity index (χ4n) is 4.59. The molecule has 0 aromatic rings. The molecule has 0 saturated heterocycles. The lowest BCUT2D eigenvalue weighted by molar-refractivity contribution is -0.273. The molecule has 3 heteroatoms. The minimum Gasteiger partial charge on any atom is -0.390 e. The highest BCUT2D eigenvalue weighted by Crippen LogP contribution is 2.62. The van der Waals surface area contributed by atoms with Crippen LogP contribution in [-0.4, -0.2) is 34.6 Å². The van der Waals surface area contributed by atoms with Crippen molar-refractivity contribution in [2.45, 2.75) is 96.9 Å². The molecule has 3 aliphatic carbocycles. The number of unbranched alkanes of at least 4 members (excludes halogenated alkanes) is 2. The fraction of sp³-hybridized carbons (Fsp3) is 1.00. The van der Waals surface area contributed by atoms with Gasteiger partial charge in [-0.3, -0.25) is 0 Å². The zero-order valence-corrected chi connectivity index (χ0v) is 15.0. The van der Waals surface area contributed by atoms with Crippen LogP contribution in [0.3, 0.4) is 0 Å². The molecule has 2 bridgehead atoms. The summed E-state index contributed by atoms with van der Waals surface area (Å²) in [5.74, 6) is 0.732. The third kappa shape index (κ3) is 3.37. The molecule has 130 valence electrons. The molecule has 3 rings (SSSR count). The topological polar surface area (TPSA) is 49.7 Å². The molecule has 3 aliphatic rings.